The van der Waals surface area contributed by atoms with Gasteiger partial charge in [-0.1, -0.05) is 269 Å². The fraction of sp³-hybridized carbons (Fsp3) is 0.597. The molecule has 0 aromatic rings. The minimum absolute atomic E-state index is 0.135. The standard InChI is InChI=1S/C67H106O6/c1-4-7-10-13-16-19-22-25-28-31-33-36-39-42-45-48-51-54-57-60-66(69)72-63-64(62-71-65(68)59-56-53-50-47-44-41-38-35-30-27-24-21-18-15-12-9-6-3)73-67(70)61-58-55-52-49-46-43-40-37-34-32-29-26-23-20-17-14-11-8-5-2/h7-8,10-11,16-17,19-20,25-26,28-29,33-34,36-37,42-43,45-46,51-52,54-55,64H,4-6,9,12-15,18,21-24,27,30-32,35,38-41,44,47-50,53,56-63H2,1-3H3/b10-7-,11-8-,19-16-,20-17-,28-25-,29-26-,36-33-,37-34-,45-42-,46-43-,54-51-,55-52-/t64-/m0/s1. The molecule has 6 heteroatoms. The number of allylic oxidation sites excluding steroid dienone is 24. The van der Waals surface area contributed by atoms with Crippen molar-refractivity contribution in [2.75, 3.05) is 13.2 Å². The van der Waals surface area contributed by atoms with E-state index < -0.39 is 12.1 Å². The van der Waals surface area contributed by atoms with Gasteiger partial charge in [-0.15, -0.1) is 0 Å². The molecule has 0 aromatic carbocycles. The van der Waals surface area contributed by atoms with E-state index in [0.717, 1.165) is 96.3 Å². The quantitative estimate of drug-likeness (QED) is 0.0261. The van der Waals surface area contributed by atoms with Crippen molar-refractivity contribution in [1.82, 2.24) is 0 Å². The maximum atomic E-state index is 12.8. The summed E-state index contributed by atoms with van der Waals surface area (Å²) in [7, 11) is 0. The lowest BCUT2D eigenvalue weighted by Crippen LogP contribution is -2.30. The van der Waals surface area contributed by atoms with Crippen molar-refractivity contribution >= 4 is 17.9 Å². The van der Waals surface area contributed by atoms with Crippen molar-refractivity contribution in [3.05, 3.63) is 146 Å². The molecule has 0 aliphatic rings. The number of ether oxygens (including phenoxy) is 3. The zero-order valence-corrected chi connectivity index (χ0v) is 46.8. The van der Waals surface area contributed by atoms with Gasteiger partial charge in [0.2, 0.25) is 0 Å². The third-order valence-corrected chi connectivity index (χ3v) is 11.9. The highest BCUT2D eigenvalue weighted by atomic mass is 16.6. The van der Waals surface area contributed by atoms with Gasteiger partial charge in [-0.2, -0.15) is 0 Å². The van der Waals surface area contributed by atoms with Crippen LogP contribution in [0.3, 0.4) is 0 Å². The van der Waals surface area contributed by atoms with Crippen LogP contribution in [-0.2, 0) is 28.6 Å². The molecule has 0 fully saturated rings. The van der Waals surface area contributed by atoms with E-state index >= 15 is 0 Å². The summed E-state index contributed by atoms with van der Waals surface area (Å²) in [6.07, 6.45) is 85.8. The van der Waals surface area contributed by atoms with Crippen LogP contribution in [0, 0.1) is 0 Å². The van der Waals surface area contributed by atoms with Gasteiger partial charge in [0.1, 0.15) is 13.2 Å². The Kier molecular flexibility index (Phi) is 56.0. The molecule has 0 saturated heterocycles. The summed E-state index contributed by atoms with van der Waals surface area (Å²) in [6.45, 7) is 6.29. The molecule has 0 aliphatic heterocycles. The summed E-state index contributed by atoms with van der Waals surface area (Å²) >= 11 is 0. The van der Waals surface area contributed by atoms with E-state index in [-0.39, 0.29) is 38.0 Å². The number of carbonyl (C=O) groups excluding carboxylic acids is 3. The Morgan fingerprint density at radius 1 is 0.288 bits per heavy atom. The van der Waals surface area contributed by atoms with Crippen molar-refractivity contribution in [1.29, 1.82) is 0 Å². The average molecular weight is 1010 g/mol. The van der Waals surface area contributed by atoms with E-state index in [0.29, 0.717) is 19.3 Å². The van der Waals surface area contributed by atoms with Crippen LogP contribution in [0.5, 0.6) is 0 Å². The van der Waals surface area contributed by atoms with E-state index in [2.05, 4.69) is 142 Å². The Morgan fingerprint density at radius 2 is 0.534 bits per heavy atom. The summed E-state index contributed by atoms with van der Waals surface area (Å²) in [5, 5.41) is 0. The van der Waals surface area contributed by atoms with Crippen molar-refractivity contribution in [3.63, 3.8) is 0 Å². The summed E-state index contributed by atoms with van der Waals surface area (Å²) in [6, 6.07) is 0. The molecule has 0 aromatic heterocycles. The van der Waals surface area contributed by atoms with Gasteiger partial charge in [-0.05, 0) is 96.3 Å². The first-order chi connectivity index (χ1) is 36.0. The molecule has 0 unspecified atom stereocenters. The molecule has 0 radical (unpaired) electrons. The highest BCUT2D eigenvalue weighted by Gasteiger charge is 2.19. The van der Waals surface area contributed by atoms with Gasteiger partial charge in [0.15, 0.2) is 6.10 Å². The molecule has 6 nitrogen and oxygen atoms in total. The van der Waals surface area contributed by atoms with Crippen LogP contribution in [0.4, 0.5) is 0 Å². The Balaban J connectivity index is 4.62. The van der Waals surface area contributed by atoms with Gasteiger partial charge in [-0.3, -0.25) is 14.4 Å². The minimum Gasteiger partial charge on any atom is -0.462 e. The Bertz CT molecular complexity index is 1630. The Morgan fingerprint density at radius 3 is 0.836 bits per heavy atom. The highest BCUT2D eigenvalue weighted by Crippen LogP contribution is 2.15. The van der Waals surface area contributed by atoms with E-state index in [1.807, 2.05) is 24.3 Å². The second kappa shape index (κ2) is 59.8. The lowest BCUT2D eigenvalue weighted by atomic mass is 10.0. The number of hydrogen-bond acceptors (Lipinski definition) is 6. The van der Waals surface area contributed by atoms with Gasteiger partial charge >= 0.3 is 17.9 Å². The topological polar surface area (TPSA) is 78.9 Å². The van der Waals surface area contributed by atoms with E-state index in [9.17, 15) is 14.4 Å². The van der Waals surface area contributed by atoms with Gasteiger partial charge < -0.3 is 14.2 Å². The largest absolute Gasteiger partial charge is 0.462 e. The summed E-state index contributed by atoms with van der Waals surface area (Å²) in [5.41, 5.74) is 0. The Hall–Kier alpha value is -4.71. The van der Waals surface area contributed by atoms with Crippen molar-refractivity contribution in [3.8, 4) is 0 Å². The van der Waals surface area contributed by atoms with Crippen LogP contribution in [-0.4, -0.2) is 37.2 Å². The monoisotopic (exact) mass is 1010 g/mol. The van der Waals surface area contributed by atoms with Crippen molar-refractivity contribution < 1.29 is 28.6 Å². The predicted octanol–water partition coefficient (Wildman–Crippen LogP) is 20.0. The summed E-state index contributed by atoms with van der Waals surface area (Å²) in [4.78, 5) is 38.1. The van der Waals surface area contributed by atoms with Crippen molar-refractivity contribution in [2.45, 2.75) is 245 Å². The van der Waals surface area contributed by atoms with E-state index in [4.69, 9.17) is 14.2 Å². The summed E-state index contributed by atoms with van der Waals surface area (Å²) < 4.78 is 16.7. The first kappa shape index (κ1) is 68.3. The van der Waals surface area contributed by atoms with E-state index in [1.165, 1.54) is 89.9 Å². The van der Waals surface area contributed by atoms with E-state index in [1.54, 1.807) is 0 Å². The molecule has 1 atom stereocenters. The number of carbonyl (C=O) groups is 3. The molecule has 0 N–H and O–H groups in total. The van der Waals surface area contributed by atoms with Crippen LogP contribution in [0.2, 0.25) is 0 Å². The van der Waals surface area contributed by atoms with Crippen LogP contribution in [0.15, 0.2) is 146 Å². The van der Waals surface area contributed by atoms with Crippen LogP contribution < -0.4 is 0 Å². The molecule has 0 amide bonds. The van der Waals surface area contributed by atoms with Crippen molar-refractivity contribution in [2.24, 2.45) is 0 Å². The molecule has 73 heavy (non-hydrogen) atoms. The molecule has 0 saturated carbocycles. The molecule has 0 rings (SSSR count). The maximum absolute atomic E-state index is 12.8. The molecule has 0 aliphatic carbocycles. The number of esters is 3. The average Bonchev–Trinajstić information content (AvgIpc) is 3.39. The highest BCUT2D eigenvalue weighted by molar-refractivity contribution is 5.71. The van der Waals surface area contributed by atoms with Gasteiger partial charge in [-0.25, -0.2) is 0 Å². The number of rotatable bonds is 51. The second-order valence-electron chi connectivity index (χ2n) is 18.8. The zero-order valence-electron chi connectivity index (χ0n) is 46.8. The minimum atomic E-state index is -0.855. The first-order valence-electron chi connectivity index (χ1n) is 29.3. The Labute approximate surface area is 448 Å². The maximum Gasteiger partial charge on any atom is 0.306 e. The zero-order chi connectivity index (χ0) is 52.9. The fourth-order valence-electron chi connectivity index (χ4n) is 7.55. The lowest BCUT2D eigenvalue weighted by molar-refractivity contribution is -0.166. The number of hydrogen-bond donors (Lipinski definition) is 0. The first-order valence-corrected chi connectivity index (χ1v) is 29.3. The molecular weight excluding hydrogens is 901 g/mol. The molecular formula is C67H106O6. The third-order valence-electron chi connectivity index (χ3n) is 11.9. The third kappa shape index (κ3) is 58.1. The molecule has 410 valence electrons. The fourth-order valence-corrected chi connectivity index (χ4v) is 7.55. The van der Waals surface area contributed by atoms with Gasteiger partial charge in [0, 0.05) is 19.3 Å². The second-order valence-corrected chi connectivity index (χ2v) is 18.8. The van der Waals surface area contributed by atoms with Crippen LogP contribution in [0.1, 0.15) is 239 Å². The smallest absolute Gasteiger partial charge is 0.306 e. The number of unbranched alkanes of at least 4 members (excludes halogenated alkanes) is 16. The molecule has 0 spiro atoms. The SMILES string of the molecule is CC/C=C\C/C=C\C/C=C\C/C=C\C/C=C\C/C=C\CCC(=O)OC[C@H](COC(=O)CCCCCCCCCCCCCCCCCCC)OC(=O)CC/C=C\C/C=C\C/C=C\C/C=C\C/C=C\C/C=C\CC. The molecule has 0 bridgehead atoms. The molecule has 0 heterocycles. The predicted molar refractivity (Wildman–Crippen MR) is 315 cm³/mol. The normalized spacial score (nSPS) is 13.2. The van der Waals surface area contributed by atoms with Gasteiger partial charge in [0.25, 0.3) is 0 Å². The van der Waals surface area contributed by atoms with Gasteiger partial charge in [0.05, 0.1) is 0 Å². The summed E-state index contributed by atoms with van der Waals surface area (Å²) in [5.74, 6) is -1.11. The van der Waals surface area contributed by atoms with Crippen LogP contribution in [0.25, 0.3) is 0 Å². The lowest BCUT2D eigenvalue weighted by Gasteiger charge is -2.18. The van der Waals surface area contributed by atoms with Crippen LogP contribution >= 0.6 is 0 Å².